The fourth-order valence-electron chi connectivity index (χ4n) is 2.57. The van der Waals surface area contributed by atoms with Crippen molar-refractivity contribution in [1.29, 1.82) is 0 Å². The zero-order valence-electron chi connectivity index (χ0n) is 14.7. The number of carbonyl (C=O) groups excluding carboxylic acids is 3. The first-order valence-electron chi connectivity index (χ1n) is 8.16. The van der Waals surface area contributed by atoms with E-state index in [4.69, 9.17) is 0 Å². The standard InChI is InChI=1S/C17H21F2N3O4/c1-4-10(2)20-13(23)9-22-14(24)17(3,21-16(22)25)11-5-7-12(8-6-11)26-15(18)19/h5-8,10,15H,4,9H2,1-3H3,(H,20,23)(H,21,25)/t10-,17-/m1/s1. The SMILES string of the molecule is CC[C@@H](C)NC(=O)CN1C(=O)N[C@](C)(c2ccc(OC(F)F)cc2)C1=O. The van der Waals surface area contributed by atoms with E-state index in [0.29, 0.717) is 5.56 Å². The Morgan fingerprint density at radius 2 is 1.92 bits per heavy atom. The molecule has 26 heavy (non-hydrogen) atoms. The van der Waals surface area contributed by atoms with E-state index in [2.05, 4.69) is 15.4 Å². The van der Waals surface area contributed by atoms with Crippen LogP contribution in [0, 0.1) is 0 Å². The minimum atomic E-state index is -2.95. The van der Waals surface area contributed by atoms with Crippen molar-refractivity contribution in [3.8, 4) is 5.75 Å². The van der Waals surface area contributed by atoms with Gasteiger partial charge in [-0.25, -0.2) is 4.79 Å². The number of urea groups is 1. The Kier molecular flexibility index (Phi) is 5.79. The van der Waals surface area contributed by atoms with Gasteiger partial charge in [-0.2, -0.15) is 8.78 Å². The van der Waals surface area contributed by atoms with Crippen molar-refractivity contribution in [2.24, 2.45) is 0 Å². The lowest BCUT2D eigenvalue weighted by atomic mass is 9.92. The van der Waals surface area contributed by atoms with Crippen molar-refractivity contribution in [2.75, 3.05) is 6.54 Å². The molecule has 1 saturated heterocycles. The first kappa shape index (κ1) is 19.6. The highest BCUT2D eigenvalue weighted by atomic mass is 19.3. The van der Waals surface area contributed by atoms with Gasteiger partial charge in [0.05, 0.1) is 0 Å². The van der Waals surface area contributed by atoms with Gasteiger partial charge < -0.3 is 15.4 Å². The topological polar surface area (TPSA) is 87.7 Å². The van der Waals surface area contributed by atoms with Crippen LogP contribution in [-0.2, 0) is 15.1 Å². The minimum Gasteiger partial charge on any atom is -0.435 e. The van der Waals surface area contributed by atoms with E-state index in [9.17, 15) is 23.2 Å². The van der Waals surface area contributed by atoms with Crippen molar-refractivity contribution < 1.29 is 27.9 Å². The Labute approximate surface area is 149 Å². The van der Waals surface area contributed by atoms with Crippen LogP contribution in [0.1, 0.15) is 32.8 Å². The molecule has 0 radical (unpaired) electrons. The second kappa shape index (κ2) is 7.67. The van der Waals surface area contributed by atoms with E-state index >= 15 is 0 Å². The monoisotopic (exact) mass is 369 g/mol. The summed E-state index contributed by atoms with van der Waals surface area (Å²) in [6.45, 7) is 1.86. The Balaban J connectivity index is 2.14. The van der Waals surface area contributed by atoms with Gasteiger partial charge in [0.25, 0.3) is 5.91 Å². The molecule has 0 aliphatic carbocycles. The van der Waals surface area contributed by atoms with E-state index in [0.717, 1.165) is 11.3 Å². The van der Waals surface area contributed by atoms with E-state index in [1.54, 1.807) is 0 Å². The van der Waals surface area contributed by atoms with E-state index < -0.39 is 36.5 Å². The average molecular weight is 369 g/mol. The number of imide groups is 1. The first-order chi connectivity index (χ1) is 12.2. The first-order valence-corrected chi connectivity index (χ1v) is 8.16. The number of halogens is 2. The van der Waals surface area contributed by atoms with Crippen LogP contribution in [0.15, 0.2) is 24.3 Å². The van der Waals surface area contributed by atoms with Crippen molar-refractivity contribution in [1.82, 2.24) is 15.5 Å². The normalized spacial score (nSPS) is 20.9. The molecule has 142 valence electrons. The van der Waals surface area contributed by atoms with Crippen LogP contribution in [0.5, 0.6) is 5.75 Å². The maximum Gasteiger partial charge on any atom is 0.387 e. The zero-order valence-corrected chi connectivity index (χ0v) is 14.7. The number of nitrogens with zero attached hydrogens (tertiary/aromatic N) is 1. The highest BCUT2D eigenvalue weighted by Crippen LogP contribution is 2.30. The summed E-state index contributed by atoms with van der Waals surface area (Å²) < 4.78 is 28.7. The predicted octanol–water partition coefficient (Wildman–Crippen LogP) is 1.97. The summed E-state index contributed by atoms with van der Waals surface area (Å²) in [7, 11) is 0. The van der Waals surface area contributed by atoms with Crippen LogP contribution in [-0.4, -0.2) is 41.9 Å². The molecule has 0 saturated carbocycles. The van der Waals surface area contributed by atoms with Gasteiger partial charge in [0.15, 0.2) is 0 Å². The van der Waals surface area contributed by atoms with E-state index in [-0.39, 0.29) is 11.8 Å². The van der Waals surface area contributed by atoms with Crippen LogP contribution >= 0.6 is 0 Å². The third-order valence-electron chi connectivity index (χ3n) is 4.25. The van der Waals surface area contributed by atoms with Gasteiger partial charge >= 0.3 is 12.6 Å². The summed E-state index contributed by atoms with van der Waals surface area (Å²) in [5.74, 6) is -1.09. The highest BCUT2D eigenvalue weighted by molar-refractivity contribution is 6.09. The third kappa shape index (κ3) is 4.09. The molecule has 1 aromatic rings. The zero-order chi connectivity index (χ0) is 19.5. The summed E-state index contributed by atoms with van der Waals surface area (Å²) in [5, 5.41) is 5.24. The number of hydrogen-bond donors (Lipinski definition) is 2. The van der Waals surface area contributed by atoms with Gasteiger partial charge in [0, 0.05) is 6.04 Å². The van der Waals surface area contributed by atoms with Crippen molar-refractivity contribution in [3.05, 3.63) is 29.8 Å². The second-order valence-electron chi connectivity index (χ2n) is 6.23. The van der Waals surface area contributed by atoms with Crippen molar-refractivity contribution in [2.45, 2.75) is 45.4 Å². The Morgan fingerprint density at radius 1 is 1.31 bits per heavy atom. The molecule has 1 heterocycles. The van der Waals surface area contributed by atoms with Crippen LogP contribution in [0.3, 0.4) is 0 Å². The van der Waals surface area contributed by atoms with Gasteiger partial charge in [-0.3, -0.25) is 14.5 Å². The quantitative estimate of drug-likeness (QED) is 0.720. The number of ether oxygens (including phenoxy) is 1. The maximum absolute atomic E-state index is 12.7. The molecule has 2 rings (SSSR count). The molecular weight excluding hydrogens is 348 g/mol. The number of carbonyl (C=O) groups is 3. The lowest BCUT2D eigenvalue weighted by Gasteiger charge is -2.22. The Bertz CT molecular complexity index is 696. The summed E-state index contributed by atoms with van der Waals surface area (Å²) in [6.07, 6.45) is 0.719. The molecule has 1 fully saturated rings. The molecule has 1 aromatic carbocycles. The van der Waals surface area contributed by atoms with Crippen molar-refractivity contribution >= 4 is 17.8 Å². The van der Waals surface area contributed by atoms with Gasteiger partial charge in [-0.1, -0.05) is 19.1 Å². The minimum absolute atomic E-state index is 0.0612. The number of benzene rings is 1. The molecule has 1 aliphatic heterocycles. The number of nitrogens with one attached hydrogen (secondary N) is 2. The molecule has 0 unspecified atom stereocenters. The molecule has 0 bridgehead atoms. The Hall–Kier alpha value is -2.71. The summed E-state index contributed by atoms with van der Waals surface area (Å²) >= 11 is 0. The summed E-state index contributed by atoms with van der Waals surface area (Å²) in [5.41, 5.74) is -1.00. The lowest BCUT2D eigenvalue weighted by Crippen LogP contribution is -2.44. The number of hydrogen-bond acceptors (Lipinski definition) is 4. The van der Waals surface area contributed by atoms with Crippen LogP contribution in [0.4, 0.5) is 13.6 Å². The summed E-state index contributed by atoms with van der Waals surface area (Å²) in [6, 6.07) is 4.63. The van der Waals surface area contributed by atoms with Gasteiger partial charge in [-0.15, -0.1) is 0 Å². The fourth-order valence-corrected chi connectivity index (χ4v) is 2.57. The molecule has 1 aliphatic rings. The number of alkyl halides is 2. The smallest absolute Gasteiger partial charge is 0.387 e. The van der Waals surface area contributed by atoms with Gasteiger partial charge in [-0.05, 0) is 38.0 Å². The molecule has 9 heteroatoms. The molecule has 4 amide bonds. The number of amides is 4. The number of rotatable bonds is 7. The highest BCUT2D eigenvalue weighted by Gasteiger charge is 2.49. The molecule has 2 N–H and O–H groups in total. The van der Waals surface area contributed by atoms with Crippen LogP contribution in [0.25, 0.3) is 0 Å². The molecule has 0 spiro atoms. The van der Waals surface area contributed by atoms with Crippen LogP contribution < -0.4 is 15.4 Å². The van der Waals surface area contributed by atoms with Gasteiger partial charge in [0.1, 0.15) is 17.8 Å². The summed E-state index contributed by atoms with van der Waals surface area (Å²) in [4.78, 5) is 37.7. The predicted molar refractivity (Wildman–Crippen MR) is 88.6 cm³/mol. The largest absolute Gasteiger partial charge is 0.435 e. The van der Waals surface area contributed by atoms with E-state index in [1.807, 2.05) is 13.8 Å². The fraction of sp³-hybridized carbons (Fsp3) is 0.471. The van der Waals surface area contributed by atoms with Gasteiger partial charge in [0.2, 0.25) is 5.91 Å². The lowest BCUT2D eigenvalue weighted by molar-refractivity contribution is -0.135. The van der Waals surface area contributed by atoms with E-state index in [1.165, 1.54) is 31.2 Å². The third-order valence-corrected chi connectivity index (χ3v) is 4.25. The molecular formula is C17H21F2N3O4. The second-order valence-corrected chi connectivity index (χ2v) is 6.23. The van der Waals surface area contributed by atoms with Crippen molar-refractivity contribution in [3.63, 3.8) is 0 Å². The average Bonchev–Trinajstić information content (AvgIpc) is 2.79. The Morgan fingerprint density at radius 3 is 2.46 bits per heavy atom. The molecule has 2 atom stereocenters. The maximum atomic E-state index is 12.7. The molecule has 7 nitrogen and oxygen atoms in total. The van der Waals surface area contributed by atoms with Crippen LogP contribution in [0.2, 0.25) is 0 Å². The molecule has 0 aromatic heterocycles.